The second kappa shape index (κ2) is 6.52. The monoisotopic (exact) mass is 265 g/mol. The van der Waals surface area contributed by atoms with Crippen LogP contribution in [-0.2, 0) is 4.74 Å². The van der Waals surface area contributed by atoms with Crippen LogP contribution < -0.4 is 4.74 Å². The van der Waals surface area contributed by atoms with Gasteiger partial charge in [0.2, 0.25) is 0 Å². The van der Waals surface area contributed by atoms with Crippen LogP contribution in [0.1, 0.15) is 48.2 Å². The topological polar surface area (TPSA) is 68.7 Å². The van der Waals surface area contributed by atoms with E-state index in [1.54, 1.807) is 6.07 Å². The summed E-state index contributed by atoms with van der Waals surface area (Å²) in [7, 11) is 0. The van der Waals surface area contributed by atoms with Crippen molar-refractivity contribution in [2.24, 2.45) is 0 Å². The molecule has 104 valence electrons. The maximum absolute atomic E-state index is 11.3. The molecular formula is C14H19NO4. The van der Waals surface area contributed by atoms with Crippen molar-refractivity contribution < 1.29 is 19.4 Å². The Labute approximate surface area is 112 Å². The normalized spacial score (nSPS) is 16.3. The van der Waals surface area contributed by atoms with Gasteiger partial charge < -0.3 is 14.6 Å². The van der Waals surface area contributed by atoms with Gasteiger partial charge in [-0.2, -0.15) is 0 Å². The number of aromatic carboxylic acids is 1. The van der Waals surface area contributed by atoms with Gasteiger partial charge in [0.25, 0.3) is 0 Å². The minimum Gasteiger partial charge on any atom is -0.491 e. The molecule has 1 aliphatic heterocycles. The second-order valence-corrected chi connectivity index (χ2v) is 4.65. The zero-order chi connectivity index (χ0) is 13.7. The van der Waals surface area contributed by atoms with Gasteiger partial charge >= 0.3 is 5.97 Å². The van der Waals surface area contributed by atoms with Gasteiger partial charge in [-0.1, -0.05) is 6.92 Å². The Hall–Kier alpha value is -1.62. The summed E-state index contributed by atoms with van der Waals surface area (Å²) in [6.45, 7) is 3.90. The highest BCUT2D eigenvalue weighted by Crippen LogP contribution is 2.28. The molecule has 0 amide bonds. The molecule has 0 aromatic carbocycles. The summed E-state index contributed by atoms with van der Waals surface area (Å²) >= 11 is 0. The van der Waals surface area contributed by atoms with Gasteiger partial charge in [-0.05, 0) is 25.3 Å². The van der Waals surface area contributed by atoms with E-state index in [2.05, 4.69) is 4.98 Å². The van der Waals surface area contributed by atoms with Crippen molar-refractivity contribution in [1.29, 1.82) is 0 Å². The van der Waals surface area contributed by atoms with Crippen molar-refractivity contribution in [1.82, 2.24) is 4.98 Å². The van der Waals surface area contributed by atoms with Gasteiger partial charge in [-0.25, -0.2) is 4.79 Å². The first-order valence-corrected chi connectivity index (χ1v) is 6.66. The summed E-state index contributed by atoms with van der Waals surface area (Å²) in [5.74, 6) is -0.334. The Morgan fingerprint density at radius 1 is 1.53 bits per heavy atom. The summed E-state index contributed by atoms with van der Waals surface area (Å²) < 4.78 is 10.7. The molecule has 19 heavy (non-hydrogen) atoms. The predicted molar refractivity (Wildman–Crippen MR) is 69.8 cm³/mol. The average Bonchev–Trinajstić information content (AvgIpc) is 2.45. The minimum atomic E-state index is -0.971. The number of hydrogen-bond acceptors (Lipinski definition) is 4. The molecule has 5 heteroatoms. The van der Waals surface area contributed by atoms with Crippen LogP contribution in [0.5, 0.6) is 5.75 Å². The number of carbonyl (C=O) groups is 1. The van der Waals surface area contributed by atoms with E-state index < -0.39 is 5.97 Å². The fraction of sp³-hybridized carbons (Fsp3) is 0.571. The Bertz CT molecular complexity index is 441. The van der Waals surface area contributed by atoms with Crippen LogP contribution in [0.3, 0.4) is 0 Å². The summed E-state index contributed by atoms with van der Waals surface area (Å²) in [4.78, 5) is 15.6. The van der Waals surface area contributed by atoms with E-state index in [0.29, 0.717) is 25.6 Å². The lowest BCUT2D eigenvalue weighted by molar-refractivity contribution is 0.0691. The third-order valence-corrected chi connectivity index (χ3v) is 3.22. The maximum atomic E-state index is 11.3. The van der Waals surface area contributed by atoms with Crippen molar-refractivity contribution >= 4 is 5.97 Å². The number of aromatic nitrogens is 1. The molecule has 1 aromatic heterocycles. The van der Waals surface area contributed by atoms with Crippen molar-refractivity contribution in [2.75, 3.05) is 19.8 Å². The zero-order valence-electron chi connectivity index (χ0n) is 11.1. The molecule has 1 fully saturated rings. The van der Waals surface area contributed by atoms with Gasteiger partial charge in [0.05, 0.1) is 12.8 Å². The molecule has 1 aliphatic rings. The quantitative estimate of drug-likeness (QED) is 0.885. The first-order chi connectivity index (χ1) is 9.22. The molecule has 0 unspecified atom stereocenters. The smallest absolute Gasteiger partial charge is 0.339 e. The largest absolute Gasteiger partial charge is 0.491 e. The van der Waals surface area contributed by atoms with Crippen LogP contribution in [0, 0.1) is 0 Å². The Morgan fingerprint density at radius 2 is 2.26 bits per heavy atom. The summed E-state index contributed by atoms with van der Waals surface area (Å²) in [6, 6.07) is 1.64. The van der Waals surface area contributed by atoms with Gasteiger partial charge in [0, 0.05) is 24.8 Å². The lowest BCUT2D eigenvalue weighted by atomic mass is 9.95. The Morgan fingerprint density at radius 3 is 2.89 bits per heavy atom. The zero-order valence-corrected chi connectivity index (χ0v) is 11.1. The number of pyridine rings is 1. The number of carboxylic acid groups (broad SMARTS) is 1. The minimum absolute atomic E-state index is 0.199. The molecule has 1 saturated heterocycles. The van der Waals surface area contributed by atoms with E-state index in [1.807, 2.05) is 6.92 Å². The van der Waals surface area contributed by atoms with E-state index in [9.17, 15) is 9.90 Å². The van der Waals surface area contributed by atoms with E-state index in [0.717, 1.165) is 25.0 Å². The molecule has 0 spiro atoms. The van der Waals surface area contributed by atoms with Crippen molar-refractivity contribution in [2.45, 2.75) is 32.1 Å². The highest BCUT2D eigenvalue weighted by Gasteiger charge is 2.20. The SMILES string of the molecule is CCCOc1cnc(C2CCOCC2)cc1C(=O)O. The fourth-order valence-electron chi connectivity index (χ4n) is 2.17. The number of carboxylic acids is 1. The van der Waals surface area contributed by atoms with E-state index in [4.69, 9.17) is 9.47 Å². The van der Waals surface area contributed by atoms with Gasteiger partial charge in [-0.3, -0.25) is 4.98 Å². The van der Waals surface area contributed by atoms with Gasteiger partial charge in [-0.15, -0.1) is 0 Å². The van der Waals surface area contributed by atoms with Crippen LogP contribution >= 0.6 is 0 Å². The molecular weight excluding hydrogens is 246 g/mol. The Kier molecular flexibility index (Phi) is 4.74. The second-order valence-electron chi connectivity index (χ2n) is 4.65. The van der Waals surface area contributed by atoms with Crippen molar-refractivity contribution in [3.63, 3.8) is 0 Å². The molecule has 0 saturated carbocycles. The van der Waals surface area contributed by atoms with Crippen LogP contribution in [0.25, 0.3) is 0 Å². The highest BCUT2D eigenvalue weighted by atomic mass is 16.5. The molecule has 2 rings (SSSR count). The summed E-state index contributed by atoms with van der Waals surface area (Å²) in [5, 5.41) is 9.26. The fourth-order valence-corrected chi connectivity index (χ4v) is 2.17. The number of nitrogens with zero attached hydrogens (tertiary/aromatic N) is 1. The number of hydrogen-bond donors (Lipinski definition) is 1. The summed E-state index contributed by atoms with van der Waals surface area (Å²) in [5.41, 5.74) is 1.02. The van der Waals surface area contributed by atoms with Crippen LogP contribution in [-0.4, -0.2) is 35.9 Å². The van der Waals surface area contributed by atoms with Crippen LogP contribution in [0.15, 0.2) is 12.3 Å². The first kappa shape index (κ1) is 13.8. The third kappa shape index (κ3) is 3.44. The molecule has 0 atom stereocenters. The van der Waals surface area contributed by atoms with Crippen LogP contribution in [0.2, 0.25) is 0 Å². The standard InChI is InChI=1S/C14H19NO4/c1-2-5-19-13-9-15-12(8-11(13)14(16)17)10-3-6-18-7-4-10/h8-10H,2-7H2,1H3,(H,16,17). The molecule has 1 N–H and O–H groups in total. The third-order valence-electron chi connectivity index (χ3n) is 3.22. The number of rotatable bonds is 5. The van der Waals surface area contributed by atoms with E-state index in [1.165, 1.54) is 6.20 Å². The van der Waals surface area contributed by atoms with E-state index in [-0.39, 0.29) is 11.5 Å². The van der Waals surface area contributed by atoms with Gasteiger partial charge in [0.15, 0.2) is 5.75 Å². The molecule has 0 radical (unpaired) electrons. The summed E-state index contributed by atoms with van der Waals surface area (Å²) in [6.07, 6.45) is 4.15. The molecule has 0 aliphatic carbocycles. The molecule has 2 heterocycles. The van der Waals surface area contributed by atoms with Crippen molar-refractivity contribution in [3.8, 4) is 5.75 Å². The molecule has 1 aromatic rings. The first-order valence-electron chi connectivity index (χ1n) is 6.66. The van der Waals surface area contributed by atoms with Gasteiger partial charge in [0.1, 0.15) is 5.56 Å². The highest BCUT2D eigenvalue weighted by molar-refractivity contribution is 5.90. The Balaban J connectivity index is 2.22. The predicted octanol–water partition coefficient (Wildman–Crippen LogP) is 2.46. The van der Waals surface area contributed by atoms with Crippen LogP contribution in [0.4, 0.5) is 0 Å². The van der Waals surface area contributed by atoms with Crippen molar-refractivity contribution in [3.05, 3.63) is 23.5 Å². The lowest BCUT2D eigenvalue weighted by Crippen LogP contribution is -2.16. The lowest BCUT2D eigenvalue weighted by Gasteiger charge is -2.22. The molecule has 0 bridgehead atoms. The number of ether oxygens (including phenoxy) is 2. The molecule has 5 nitrogen and oxygen atoms in total. The van der Waals surface area contributed by atoms with E-state index >= 15 is 0 Å². The average molecular weight is 265 g/mol. The maximum Gasteiger partial charge on any atom is 0.339 e.